The lowest BCUT2D eigenvalue weighted by molar-refractivity contribution is -0.145. The van der Waals surface area contributed by atoms with Crippen LogP contribution in [-0.4, -0.2) is 24.5 Å². The van der Waals surface area contributed by atoms with Crippen molar-refractivity contribution in [2.75, 3.05) is 18.1 Å². The van der Waals surface area contributed by atoms with Crippen molar-refractivity contribution in [3.05, 3.63) is 71.8 Å². The number of Topliss-reactive ketones (excluding diaryl/α,β-unsaturated/α-hetero) is 1. The maximum Gasteiger partial charge on any atom is 0.306 e. The van der Waals surface area contributed by atoms with Gasteiger partial charge in [-0.25, -0.2) is 0 Å². The van der Waals surface area contributed by atoms with Crippen LogP contribution in [0.25, 0.3) is 0 Å². The van der Waals surface area contributed by atoms with Crippen LogP contribution in [0.2, 0.25) is 0 Å². The van der Waals surface area contributed by atoms with Crippen molar-refractivity contribution < 1.29 is 19.1 Å². The summed E-state index contributed by atoms with van der Waals surface area (Å²) in [6.07, 6.45) is 17.9. The van der Waals surface area contributed by atoms with E-state index in [9.17, 15) is 9.59 Å². The highest BCUT2D eigenvalue weighted by Crippen LogP contribution is 2.15. The van der Waals surface area contributed by atoms with Crippen molar-refractivity contribution in [3.63, 3.8) is 0 Å². The molecule has 2 aromatic rings. The monoisotopic (exact) mass is 536 g/mol. The molecule has 0 radical (unpaired) electrons. The highest BCUT2D eigenvalue weighted by Gasteiger charge is 2.12. The normalized spacial score (nSPS) is 12.0. The summed E-state index contributed by atoms with van der Waals surface area (Å²) in [6.45, 7) is 2.61. The third-order valence-electron chi connectivity index (χ3n) is 6.76. The lowest BCUT2D eigenvalue weighted by Gasteiger charge is -2.16. The largest absolute Gasteiger partial charge is 0.461 e. The van der Waals surface area contributed by atoms with Crippen LogP contribution in [0.4, 0.5) is 11.4 Å². The van der Waals surface area contributed by atoms with E-state index >= 15 is 0 Å². The Morgan fingerprint density at radius 3 is 2.15 bits per heavy atom. The van der Waals surface area contributed by atoms with Gasteiger partial charge in [0.15, 0.2) is 5.78 Å². The fourth-order valence-corrected chi connectivity index (χ4v) is 4.29. The Labute approximate surface area is 235 Å². The van der Waals surface area contributed by atoms with Crippen LogP contribution in [0, 0.1) is 0 Å². The van der Waals surface area contributed by atoms with Gasteiger partial charge in [0, 0.05) is 23.4 Å². The fourth-order valence-electron chi connectivity index (χ4n) is 4.29. The van der Waals surface area contributed by atoms with Crippen LogP contribution < -0.4 is 11.5 Å². The predicted molar refractivity (Wildman–Crippen MR) is 160 cm³/mol. The molecule has 1 atom stereocenters. The summed E-state index contributed by atoms with van der Waals surface area (Å²) in [5, 5.41) is 0. The summed E-state index contributed by atoms with van der Waals surface area (Å²) in [6, 6.07) is 14.4. The van der Waals surface area contributed by atoms with E-state index in [0.29, 0.717) is 30.0 Å². The summed E-state index contributed by atoms with van der Waals surface area (Å²) in [5.74, 6) is -0.149. The van der Waals surface area contributed by atoms with Crippen LogP contribution in [0.3, 0.4) is 0 Å². The number of esters is 1. The molecule has 0 fully saturated rings. The summed E-state index contributed by atoms with van der Waals surface area (Å²) in [5.41, 5.74) is 14.3. The molecule has 214 valence electrons. The van der Waals surface area contributed by atoms with Crippen molar-refractivity contribution in [2.45, 2.75) is 103 Å². The molecule has 0 saturated carbocycles. The number of carbonyl (C=O) groups is 2. The van der Waals surface area contributed by atoms with E-state index in [2.05, 4.69) is 19.1 Å². The standard InChI is InChI=1S/C33H48N2O4/c1-2-3-4-11-14-31(38-26-32(36)28-19-23-30(35)24-20-28)15-12-9-7-5-6-8-10-13-16-33(37)39-25-27-17-21-29(34)22-18-27/h9,12,17-24,31H,2-8,10-11,13-16,25-26,34-35H2,1H3/b12-9-/t31-/m1/s1. The second kappa shape index (κ2) is 19.9. The van der Waals surface area contributed by atoms with E-state index in [-0.39, 0.29) is 24.5 Å². The quantitative estimate of drug-likeness (QED) is 0.0554. The average molecular weight is 537 g/mol. The van der Waals surface area contributed by atoms with Gasteiger partial charge in [-0.3, -0.25) is 9.59 Å². The number of nitrogen functional groups attached to an aromatic ring is 2. The Hall–Kier alpha value is -3.12. The van der Waals surface area contributed by atoms with Gasteiger partial charge in [-0.05, 0) is 74.1 Å². The first-order valence-electron chi connectivity index (χ1n) is 14.6. The highest BCUT2D eigenvalue weighted by molar-refractivity contribution is 5.97. The van der Waals surface area contributed by atoms with Gasteiger partial charge in [0.25, 0.3) is 0 Å². The molecule has 0 aromatic heterocycles. The summed E-state index contributed by atoms with van der Waals surface area (Å²) in [4.78, 5) is 24.4. The maximum atomic E-state index is 12.5. The Bertz CT molecular complexity index is 970. The molecule has 0 unspecified atom stereocenters. The van der Waals surface area contributed by atoms with Gasteiger partial charge >= 0.3 is 5.97 Å². The maximum absolute atomic E-state index is 12.5. The van der Waals surface area contributed by atoms with Crippen molar-refractivity contribution >= 4 is 23.1 Å². The molecule has 0 aliphatic rings. The molecule has 0 saturated heterocycles. The van der Waals surface area contributed by atoms with E-state index < -0.39 is 0 Å². The number of nitrogens with two attached hydrogens (primary N) is 2. The zero-order valence-electron chi connectivity index (χ0n) is 23.7. The fraction of sp³-hybridized carbons (Fsp3) is 0.515. The number of ether oxygens (including phenoxy) is 2. The number of ketones is 1. The minimum absolute atomic E-state index is 0.00685. The number of hydrogen-bond acceptors (Lipinski definition) is 6. The SMILES string of the molecule is CCCCCC[C@H](C/C=C\CCCCCCCC(=O)OCc1ccc(N)cc1)OCC(=O)c1ccc(N)cc1. The van der Waals surface area contributed by atoms with E-state index in [1.807, 2.05) is 24.3 Å². The van der Waals surface area contributed by atoms with Crippen LogP contribution in [-0.2, 0) is 20.9 Å². The van der Waals surface area contributed by atoms with Crippen molar-refractivity contribution in [1.29, 1.82) is 0 Å². The number of hydrogen-bond donors (Lipinski definition) is 2. The molecule has 0 aliphatic carbocycles. The third-order valence-corrected chi connectivity index (χ3v) is 6.76. The number of allylic oxidation sites excluding steroid dienone is 1. The predicted octanol–water partition coefficient (Wildman–Crippen LogP) is 7.81. The first kappa shape index (κ1) is 32.1. The van der Waals surface area contributed by atoms with Crippen LogP contribution in [0.15, 0.2) is 60.7 Å². The van der Waals surface area contributed by atoms with Crippen LogP contribution in [0.1, 0.15) is 106 Å². The molecular formula is C33H48N2O4. The number of rotatable bonds is 21. The lowest BCUT2D eigenvalue weighted by Crippen LogP contribution is -2.18. The molecule has 0 bridgehead atoms. The van der Waals surface area contributed by atoms with Crippen LogP contribution in [0.5, 0.6) is 0 Å². The number of anilines is 2. The molecule has 6 heteroatoms. The number of benzene rings is 2. The van der Waals surface area contributed by atoms with E-state index in [1.54, 1.807) is 24.3 Å². The Kier molecular flexibility index (Phi) is 16.4. The molecule has 0 amide bonds. The number of unbranched alkanes of at least 4 members (excludes halogenated alkanes) is 8. The van der Waals surface area contributed by atoms with Gasteiger partial charge in [-0.1, -0.05) is 76.2 Å². The molecule has 39 heavy (non-hydrogen) atoms. The van der Waals surface area contributed by atoms with Crippen LogP contribution >= 0.6 is 0 Å². The summed E-state index contributed by atoms with van der Waals surface area (Å²) in [7, 11) is 0. The van der Waals surface area contributed by atoms with Gasteiger partial charge in [0.2, 0.25) is 0 Å². The molecule has 0 heterocycles. The van der Waals surface area contributed by atoms with Crippen molar-refractivity contribution in [2.24, 2.45) is 0 Å². The Morgan fingerprint density at radius 1 is 0.795 bits per heavy atom. The van der Waals surface area contributed by atoms with E-state index in [4.69, 9.17) is 20.9 Å². The smallest absolute Gasteiger partial charge is 0.306 e. The van der Waals surface area contributed by atoms with Crippen molar-refractivity contribution in [3.8, 4) is 0 Å². The number of carbonyl (C=O) groups excluding carboxylic acids is 2. The van der Waals surface area contributed by atoms with Crippen molar-refractivity contribution in [1.82, 2.24) is 0 Å². The minimum Gasteiger partial charge on any atom is -0.461 e. The van der Waals surface area contributed by atoms with E-state index in [0.717, 1.165) is 63.4 Å². The van der Waals surface area contributed by atoms with E-state index in [1.165, 1.54) is 19.3 Å². The molecule has 0 spiro atoms. The zero-order chi connectivity index (χ0) is 28.1. The molecule has 6 nitrogen and oxygen atoms in total. The molecule has 4 N–H and O–H groups in total. The van der Waals surface area contributed by atoms with Gasteiger partial charge in [0.05, 0.1) is 6.10 Å². The first-order chi connectivity index (χ1) is 19.0. The summed E-state index contributed by atoms with van der Waals surface area (Å²) >= 11 is 0. The topological polar surface area (TPSA) is 105 Å². The Balaban J connectivity index is 1.56. The van der Waals surface area contributed by atoms with Gasteiger partial charge < -0.3 is 20.9 Å². The summed E-state index contributed by atoms with van der Waals surface area (Å²) < 4.78 is 11.4. The first-order valence-corrected chi connectivity index (χ1v) is 14.6. The second-order valence-corrected chi connectivity index (χ2v) is 10.2. The van der Waals surface area contributed by atoms with Gasteiger partial charge in [0.1, 0.15) is 13.2 Å². The molecular weight excluding hydrogens is 488 g/mol. The van der Waals surface area contributed by atoms with Gasteiger partial charge in [-0.2, -0.15) is 0 Å². The lowest BCUT2D eigenvalue weighted by atomic mass is 10.1. The minimum atomic E-state index is -0.142. The van der Waals surface area contributed by atoms with Gasteiger partial charge in [-0.15, -0.1) is 0 Å². The average Bonchev–Trinajstić information content (AvgIpc) is 2.94. The molecule has 2 aromatic carbocycles. The third kappa shape index (κ3) is 15.2. The zero-order valence-corrected chi connectivity index (χ0v) is 23.7. The second-order valence-electron chi connectivity index (χ2n) is 10.2. The molecule has 0 aliphatic heterocycles. The molecule has 2 rings (SSSR count). The Morgan fingerprint density at radius 2 is 1.44 bits per heavy atom. The highest BCUT2D eigenvalue weighted by atomic mass is 16.5.